The van der Waals surface area contributed by atoms with Crippen LogP contribution in [0.5, 0.6) is 5.75 Å². The number of hydrogen-bond donors (Lipinski definition) is 2. The fourth-order valence-electron chi connectivity index (χ4n) is 4.97. The summed E-state index contributed by atoms with van der Waals surface area (Å²) in [6.45, 7) is 8.75. The first-order valence-corrected chi connectivity index (χ1v) is 13.6. The summed E-state index contributed by atoms with van der Waals surface area (Å²) in [5.74, 6) is 0.734. The lowest BCUT2D eigenvalue weighted by Crippen LogP contribution is -2.32. The lowest BCUT2D eigenvalue weighted by molar-refractivity contribution is 0.0986. The van der Waals surface area contributed by atoms with E-state index in [2.05, 4.69) is 67.3 Å². The molecule has 2 N–H and O–H groups in total. The van der Waals surface area contributed by atoms with Crippen molar-refractivity contribution in [3.8, 4) is 16.9 Å². The number of para-hydroxylation sites is 2. The number of benzene rings is 3. The Bertz CT molecular complexity index is 1410. The Kier molecular flexibility index (Phi) is 7.70. The van der Waals surface area contributed by atoms with Crippen LogP contribution in [-0.2, 0) is 0 Å². The second-order valence-electron chi connectivity index (χ2n) is 10.6. The number of rotatable bonds is 8. The summed E-state index contributed by atoms with van der Waals surface area (Å²) in [6, 6.07) is 23.2. The molecule has 1 aliphatic heterocycles. The monoisotopic (exact) mass is 510 g/mol. The molecule has 5 rings (SSSR count). The molecule has 3 aromatic carbocycles. The lowest BCUT2D eigenvalue weighted by Gasteiger charge is -2.23. The topological polar surface area (TPSA) is 60.6 Å². The molecule has 198 valence electrons. The fourth-order valence-corrected chi connectivity index (χ4v) is 4.97. The SMILES string of the molecule is CC(C)N(C)CCCOc1cc(C(=O)N2CC[C@H](C)Nc3ccccc32)ccc1-c1ccc2[nH]ccc2c1. The van der Waals surface area contributed by atoms with Gasteiger partial charge in [-0.2, -0.15) is 0 Å². The summed E-state index contributed by atoms with van der Waals surface area (Å²) >= 11 is 0. The highest BCUT2D eigenvalue weighted by atomic mass is 16.5. The van der Waals surface area contributed by atoms with Gasteiger partial charge in [-0.25, -0.2) is 0 Å². The molecule has 0 bridgehead atoms. The van der Waals surface area contributed by atoms with E-state index in [1.54, 1.807) is 0 Å². The van der Waals surface area contributed by atoms with Crippen LogP contribution in [-0.4, -0.2) is 54.6 Å². The van der Waals surface area contributed by atoms with Gasteiger partial charge in [0.15, 0.2) is 0 Å². The first-order valence-electron chi connectivity index (χ1n) is 13.6. The summed E-state index contributed by atoms with van der Waals surface area (Å²) in [5.41, 5.74) is 5.71. The fraction of sp³-hybridized carbons (Fsp3) is 0.344. The normalized spacial score (nSPS) is 15.4. The molecule has 2 heterocycles. The van der Waals surface area contributed by atoms with Gasteiger partial charge in [0.05, 0.1) is 18.0 Å². The van der Waals surface area contributed by atoms with E-state index < -0.39 is 0 Å². The predicted molar refractivity (Wildman–Crippen MR) is 157 cm³/mol. The summed E-state index contributed by atoms with van der Waals surface area (Å²) in [4.78, 5) is 21.4. The minimum absolute atomic E-state index is 0.00891. The molecule has 0 radical (unpaired) electrons. The van der Waals surface area contributed by atoms with Crippen LogP contribution in [0.15, 0.2) is 72.9 Å². The molecule has 0 spiro atoms. The average Bonchev–Trinajstić information content (AvgIpc) is 3.32. The van der Waals surface area contributed by atoms with E-state index in [0.717, 1.165) is 58.5 Å². The number of fused-ring (bicyclic) bond motifs is 2. The van der Waals surface area contributed by atoms with Crippen molar-refractivity contribution >= 4 is 28.2 Å². The number of carbonyl (C=O) groups is 1. The largest absolute Gasteiger partial charge is 0.493 e. The third-order valence-corrected chi connectivity index (χ3v) is 7.51. The van der Waals surface area contributed by atoms with Gasteiger partial charge in [-0.15, -0.1) is 0 Å². The van der Waals surface area contributed by atoms with Crippen LogP contribution in [0.4, 0.5) is 11.4 Å². The van der Waals surface area contributed by atoms with E-state index in [4.69, 9.17) is 4.74 Å². The van der Waals surface area contributed by atoms with Crippen molar-refractivity contribution < 1.29 is 9.53 Å². The molecule has 0 aliphatic carbocycles. The molecule has 0 saturated carbocycles. The minimum Gasteiger partial charge on any atom is -0.493 e. The molecule has 0 unspecified atom stereocenters. The van der Waals surface area contributed by atoms with Crippen molar-refractivity contribution in [1.82, 2.24) is 9.88 Å². The minimum atomic E-state index is -0.00891. The zero-order chi connectivity index (χ0) is 26.6. The Balaban J connectivity index is 1.46. The number of anilines is 2. The number of aromatic nitrogens is 1. The highest BCUT2D eigenvalue weighted by Crippen LogP contribution is 2.35. The Morgan fingerprint density at radius 3 is 2.79 bits per heavy atom. The number of nitrogens with one attached hydrogen (secondary N) is 2. The molecule has 1 aliphatic rings. The number of hydrogen-bond acceptors (Lipinski definition) is 4. The highest BCUT2D eigenvalue weighted by molar-refractivity contribution is 6.08. The quantitative estimate of drug-likeness (QED) is 0.256. The Morgan fingerprint density at radius 2 is 1.95 bits per heavy atom. The third kappa shape index (κ3) is 5.55. The second kappa shape index (κ2) is 11.3. The number of nitrogens with zero attached hydrogens (tertiary/aromatic N) is 2. The number of ether oxygens (including phenoxy) is 1. The number of carbonyl (C=O) groups excluding carboxylic acids is 1. The Hall–Kier alpha value is -3.77. The molecule has 1 amide bonds. The Labute approximate surface area is 225 Å². The molecule has 6 nitrogen and oxygen atoms in total. The molecule has 0 saturated heterocycles. The number of amides is 1. The number of aromatic amines is 1. The first-order chi connectivity index (χ1) is 18.4. The molecular weight excluding hydrogens is 472 g/mol. The van der Waals surface area contributed by atoms with Gasteiger partial charge in [0.1, 0.15) is 5.75 Å². The maximum absolute atomic E-state index is 13.9. The van der Waals surface area contributed by atoms with Crippen LogP contribution in [0.25, 0.3) is 22.0 Å². The van der Waals surface area contributed by atoms with E-state index in [9.17, 15) is 4.79 Å². The summed E-state index contributed by atoms with van der Waals surface area (Å²) in [6.07, 6.45) is 3.74. The van der Waals surface area contributed by atoms with Gasteiger partial charge in [-0.1, -0.05) is 18.2 Å². The zero-order valence-electron chi connectivity index (χ0n) is 22.8. The first kappa shape index (κ1) is 25.9. The summed E-state index contributed by atoms with van der Waals surface area (Å²) < 4.78 is 6.39. The van der Waals surface area contributed by atoms with Gasteiger partial charge in [0.2, 0.25) is 0 Å². The van der Waals surface area contributed by atoms with Crippen LogP contribution in [0.1, 0.15) is 44.0 Å². The summed E-state index contributed by atoms with van der Waals surface area (Å²) in [7, 11) is 2.14. The maximum Gasteiger partial charge on any atom is 0.258 e. The summed E-state index contributed by atoms with van der Waals surface area (Å²) in [5, 5.41) is 4.69. The van der Waals surface area contributed by atoms with Crippen LogP contribution < -0.4 is 15.0 Å². The maximum atomic E-state index is 13.9. The highest BCUT2D eigenvalue weighted by Gasteiger charge is 2.25. The molecule has 0 fully saturated rings. The zero-order valence-corrected chi connectivity index (χ0v) is 22.8. The number of H-pyrrole nitrogens is 1. The molecule has 4 aromatic rings. The van der Waals surface area contributed by atoms with Gasteiger partial charge in [-0.05, 0) is 100 Å². The van der Waals surface area contributed by atoms with Crippen LogP contribution in [0.2, 0.25) is 0 Å². The standard InChI is InChI=1S/C32H38N4O2/c1-22(2)35(4)17-7-19-38-31-21-26(10-12-27(31)24-11-13-28-25(20-24)14-16-33-28)32(37)36-18-15-23(3)34-29-8-5-6-9-30(29)36/h5-6,8-14,16,20-23,33-34H,7,15,17-19H2,1-4H3/t23-/m0/s1. The van der Waals surface area contributed by atoms with Crippen molar-refractivity contribution in [3.63, 3.8) is 0 Å². The predicted octanol–water partition coefficient (Wildman–Crippen LogP) is 6.79. The Morgan fingerprint density at radius 1 is 1.11 bits per heavy atom. The van der Waals surface area contributed by atoms with Crippen molar-refractivity contribution in [3.05, 3.63) is 78.5 Å². The van der Waals surface area contributed by atoms with Gasteiger partial charge >= 0.3 is 0 Å². The van der Waals surface area contributed by atoms with Crippen LogP contribution >= 0.6 is 0 Å². The van der Waals surface area contributed by atoms with Gasteiger partial charge < -0.3 is 24.8 Å². The molecular formula is C32H38N4O2. The van der Waals surface area contributed by atoms with E-state index in [0.29, 0.717) is 30.8 Å². The van der Waals surface area contributed by atoms with Gasteiger partial charge in [0, 0.05) is 48.0 Å². The van der Waals surface area contributed by atoms with E-state index >= 15 is 0 Å². The molecule has 1 atom stereocenters. The van der Waals surface area contributed by atoms with Gasteiger partial charge in [-0.3, -0.25) is 4.79 Å². The lowest BCUT2D eigenvalue weighted by atomic mass is 10.0. The average molecular weight is 511 g/mol. The van der Waals surface area contributed by atoms with Crippen molar-refractivity contribution in [2.75, 3.05) is 37.0 Å². The van der Waals surface area contributed by atoms with Crippen molar-refractivity contribution in [2.45, 2.75) is 45.7 Å². The smallest absolute Gasteiger partial charge is 0.258 e. The third-order valence-electron chi connectivity index (χ3n) is 7.51. The van der Waals surface area contributed by atoms with Crippen molar-refractivity contribution in [1.29, 1.82) is 0 Å². The van der Waals surface area contributed by atoms with E-state index in [-0.39, 0.29) is 5.91 Å². The second-order valence-corrected chi connectivity index (χ2v) is 10.6. The van der Waals surface area contributed by atoms with Crippen molar-refractivity contribution in [2.24, 2.45) is 0 Å². The van der Waals surface area contributed by atoms with Crippen LogP contribution in [0, 0.1) is 0 Å². The van der Waals surface area contributed by atoms with Crippen LogP contribution in [0.3, 0.4) is 0 Å². The van der Waals surface area contributed by atoms with Gasteiger partial charge in [0.25, 0.3) is 5.91 Å². The molecule has 6 heteroatoms. The molecule has 1 aromatic heterocycles. The molecule has 38 heavy (non-hydrogen) atoms. The van der Waals surface area contributed by atoms with E-state index in [1.165, 1.54) is 0 Å². The van der Waals surface area contributed by atoms with E-state index in [1.807, 2.05) is 53.6 Å².